The number of rotatable bonds is 3. The van der Waals surface area contributed by atoms with Crippen LogP contribution in [0, 0.1) is 5.95 Å². The Morgan fingerprint density at radius 3 is 2.60 bits per heavy atom. The Bertz CT molecular complexity index is 324. The summed E-state index contributed by atoms with van der Waals surface area (Å²) in [6, 6.07) is 1.80. The van der Waals surface area contributed by atoms with E-state index in [9.17, 15) is 17.6 Å². The first-order valence-electron chi connectivity index (χ1n) is 4.33. The first kappa shape index (κ1) is 11.9. The van der Waals surface area contributed by atoms with Crippen molar-refractivity contribution in [3.8, 4) is 0 Å². The molecule has 0 aliphatic carbocycles. The van der Waals surface area contributed by atoms with Crippen molar-refractivity contribution in [1.82, 2.24) is 4.98 Å². The molecule has 0 saturated heterocycles. The van der Waals surface area contributed by atoms with Gasteiger partial charge in [0.15, 0.2) is 0 Å². The van der Waals surface area contributed by atoms with Gasteiger partial charge in [-0.25, -0.2) is 4.98 Å². The second-order valence-corrected chi connectivity index (χ2v) is 3.14. The molecule has 0 saturated carbocycles. The summed E-state index contributed by atoms with van der Waals surface area (Å²) < 4.78 is 48.6. The Balaban J connectivity index is 2.62. The molecule has 0 radical (unpaired) electrons. The highest BCUT2D eigenvalue weighted by molar-refractivity contribution is 5.15. The van der Waals surface area contributed by atoms with Crippen LogP contribution in [-0.4, -0.2) is 11.2 Å². The van der Waals surface area contributed by atoms with E-state index in [2.05, 4.69) is 4.98 Å². The monoisotopic (exact) mass is 222 g/mol. The highest BCUT2D eigenvalue weighted by atomic mass is 19.4. The number of hydrogen-bond acceptors (Lipinski definition) is 2. The summed E-state index contributed by atoms with van der Waals surface area (Å²) in [4.78, 5) is 3.32. The summed E-state index contributed by atoms with van der Waals surface area (Å²) in [6.07, 6.45) is -4.42. The first-order valence-corrected chi connectivity index (χ1v) is 4.33. The third-order valence-electron chi connectivity index (χ3n) is 1.93. The number of aromatic nitrogens is 1. The van der Waals surface area contributed by atoms with E-state index in [1.165, 1.54) is 18.3 Å². The molecule has 0 aliphatic heterocycles. The molecule has 1 aromatic heterocycles. The van der Waals surface area contributed by atoms with E-state index in [4.69, 9.17) is 5.73 Å². The Morgan fingerprint density at radius 1 is 1.40 bits per heavy atom. The van der Waals surface area contributed by atoms with E-state index in [1.54, 1.807) is 0 Å². The van der Waals surface area contributed by atoms with Gasteiger partial charge in [-0.1, -0.05) is 6.07 Å². The standard InChI is InChI=1S/C9H10F4N2/c10-8-6(2-1-5-15-8)7(14)3-4-9(11,12)13/h1-2,5,7H,3-4,14H2/t7-/m0/s1. The van der Waals surface area contributed by atoms with Crippen molar-refractivity contribution in [3.05, 3.63) is 29.8 Å². The predicted octanol–water partition coefficient (Wildman–Crippen LogP) is 2.56. The van der Waals surface area contributed by atoms with Crippen molar-refractivity contribution in [2.24, 2.45) is 5.73 Å². The lowest BCUT2D eigenvalue weighted by molar-refractivity contribution is -0.136. The van der Waals surface area contributed by atoms with Crippen LogP contribution in [0.2, 0.25) is 0 Å². The molecule has 0 spiro atoms. The SMILES string of the molecule is N[C@@H](CCC(F)(F)F)c1cccnc1F. The fraction of sp³-hybridized carbons (Fsp3) is 0.444. The predicted molar refractivity (Wildman–Crippen MR) is 46.4 cm³/mol. The minimum atomic E-state index is -4.27. The van der Waals surface area contributed by atoms with Crippen LogP contribution >= 0.6 is 0 Å². The molecular formula is C9H10F4N2. The molecule has 0 aromatic carbocycles. The zero-order chi connectivity index (χ0) is 11.5. The number of alkyl halides is 3. The molecule has 1 rings (SSSR count). The number of halogens is 4. The zero-order valence-corrected chi connectivity index (χ0v) is 7.76. The van der Waals surface area contributed by atoms with Crippen LogP contribution < -0.4 is 5.73 Å². The molecule has 6 heteroatoms. The number of hydrogen-bond donors (Lipinski definition) is 1. The number of pyridine rings is 1. The molecule has 84 valence electrons. The lowest BCUT2D eigenvalue weighted by atomic mass is 10.0. The summed E-state index contributed by atoms with van der Waals surface area (Å²) in [7, 11) is 0. The van der Waals surface area contributed by atoms with Gasteiger partial charge in [0.1, 0.15) is 0 Å². The van der Waals surface area contributed by atoms with E-state index >= 15 is 0 Å². The van der Waals surface area contributed by atoms with E-state index < -0.39 is 24.6 Å². The Morgan fingerprint density at radius 2 is 2.07 bits per heavy atom. The summed E-state index contributed by atoms with van der Waals surface area (Å²) in [5.41, 5.74) is 5.44. The van der Waals surface area contributed by atoms with Crippen LogP contribution in [0.1, 0.15) is 24.4 Å². The van der Waals surface area contributed by atoms with Crippen molar-refractivity contribution in [2.75, 3.05) is 0 Å². The molecule has 2 nitrogen and oxygen atoms in total. The lowest BCUT2D eigenvalue weighted by Crippen LogP contribution is -2.17. The molecule has 1 heterocycles. The van der Waals surface area contributed by atoms with Crippen LogP contribution in [0.25, 0.3) is 0 Å². The molecule has 1 aromatic rings. The van der Waals surface area contributed by atoms with Gasteiger partial charge in [0, 0.05) is 24.2 Å². The van der Waals surface area contributed by atoms with E-state index in [0.29, 0.717) is 0 Å². The molecular weight excluding hydrogens is 212 g/mol. The molecule has 2 N–H and O–H groups in total. The first-order chi connectivity index (χ1) is 6.90. The Kier molecular flexibility index (Phi) is 3.62. The number of nitrogens with zero attached hydrogens (tertiary/aromatic N) is 1. The molecule has 0 aliphatic rings. The Labute approximate surface area is 84.1 Å². The Hall–Kier alpha value is -1.17. The summed E-state index contributed by atoms with van der Waals surface area (Å²) >= 11 is 0. The molecule has 0 unspecified atom stereocenters. The summed E-state index contributed by atoms with van der Waals surface area (Å²) in [5, 5.41) is 0. The van der Waals surface area contributed by atoms with Crippen LogP contribution in [0.15, 0.2) is 18.3 Å². The minimum Gasteiger partial charge on any atom is -0.324 e. The third kappa shape index (κ3) is 3.83. The van der Waals surface area contributed by atoms with Crippen molar-refractivity contribution < 1.29 is 17.6 Å². The molecule has 1 atom stereocenters. The highest BCUT2D eigenvalue weighted by Crippen LogP contribution is 2.26. The topological polar surface area (TPSA) is 38.9 Å². The smallest absolute Gasteiger partial charge is 0.324 e. The van der Waals surface area contributed by atoms with Crippen LogP contribution in [0.5, 0.6) is 0 Å². The summed E-state index contributed by atoms with van der Waals surface area (Å²) in [5.74, 6) is -0.813. The molecule has 0 amide bonds. The maximum Gasteiger partial charge on any atom is 0.389 e. The largest absolute Gasteiger partial charge is 0.389 e. The second-order valence-electron chi connectivity index (χ2n) is 3.14. The van der Waals surface area contributed by atoms with Gasteiger partial charge in [-0.2, -0.15) is 17.6 Å². The number of nitrogens with two attached hydrogens (primary N) is 1. The second kappa shape index (κ2) is 4.57. The van der Waals surface area contributed by atoms with Gasteiger partial charge in [-0.3, -0.25) is 0 Å². The normalized spacial score (nSPS) is 13.9. The van der Waals surface area contributed by atoms with Crippen LogP contribution in [-0.2, 0) is 0 Å². The summed E-state index contributed by atoms with van der Waals surface area (Å²) in [6.45, 7) is 0. The van der Waals surface area contributed by atoms with Gasteiger partial charge in [-0.15, -0.1) is 0 Å². The van der Waals surface area contributed by atoms with Gasteiger partial charge < -0.3 is 5.73 Å². The van der Waals surface area contributed by atoms with Crippen molar-refractivity contribution in [2.45, 2.75) is 25.1 Å². The van der Waals surface area contributed by atoms with Gasteiger partial charge in [0.05, 0.1) is 0 Å². The van der Waals surface area contributed by atoms with Crippen LogP contribution in [0.4, 0.5) is 17.6 Å². The van der Waals surface area contributed by atoms with E-state index in [0.717, 1.165) is 0 Å². The highest BCUT2D eigenvalue weighted by Gasteiger charge is 2.28. The maximum atomic E-state index is 13.0. The van der Waals surface area contributed by atoms with Crippen LogP contribution in [0.3, 0.4) is 0 Å². The van der Waals surface area contributed by atoms with Gasteiger partial charge in [-0.05, 0) is 12.5 Å². The van der Waals surface area contributed by atoms with Crippen molar-refractivity contribution >= 4 is 0 Å². The minimum absolute atomic E-state index is 0.0155. The fourth-order valence-corrected chi connectivity index (χ4v) is 1.15. The van der Waals surface area contributed by atoms with Crippen molar-refractivity contribution in [3.63, 3.8) is 0 Å². The zero-order valence-electron chi connectivity index (χ0n) is 7.76. The average Bonchev–Trinajstić information content (AvgIpc) is 2.14. The molecule has 0 fully saturated rings. The van der Waals surface area contributed by atoms with Gasteiger partial charge in [0.2, 0.25) is 5.95 Å². The quantitative estimate of drug-likeness (QED) is 0.630. The lowest BCUT2D eigenvalue weighted by Gasteiger charge is -2.13. The molecule has 0 bridgehead atoms. The maximum absolute atomic E-state index is 13.0. The average molecular weight is 222 g/mol. The molecule has 15 heavy (non-hydrogen) atoms. The van der Waals surface area contributed by atoms with Crippen molar-refractivity contribution in [1.29, 1.82) is 0 Å². The van der Waals surface area contributed by atoms with E-state index in [1.807, 2.05) is 0 Å². The van der Waals surface area contributed by atoms with Gasteiger partial charge >= 0.3 is 6.18 Å². The fourth-order valence-electron chi connectivity index (χ4n) is 1.15. The third-order valence-corrected chi connectivity index (χ3v) is 1.93. The van der Waals surface area contributed by atoms with E-state index in [-0.39, 0.29) is 12.0 Å². The van der Waals surface area contributed by atoms with Gasteiger partial charge in [0.25, 0.3) is 0 Å².